The molecule has 0 saturated carbocycles. The van der Waals surface area contributed by atoms with Crippen LogP contribution in [0.2, 0.25) is 0 Å². The van der Waals surface area contributed by atoms with Crippen molar-refractivity contribution < 1.29 is 19.4 Å². The summed E-state index contributed by atoms with van der Waals surface area (Å²) in [5.74, 6) is 0.514. The Morgan fingerprint density at radius 1 is 1.29 bits per heavy atom. The maximum absolute atomic E-state index is 10.5. The van der Waals surface area contributed by atoms with Crippen molar-refractivity contribution in [3.63, 3.8) is 0 Å². The van der Waals surface area contributed by atoms with Gasteiger partial charge in [0.25, 0.3) is 0 Å². The molecule has 4 nitrogen and oxygen atoms in total. The monoisotopic (exact) mass is 302 g/mol. The zero-order valence-corrected chi connectivity index (χ0v) is 11.4. The minimum atomic E-state index is -0.784. The van der Waals surface area contributed by atoms with Crippen LogP contribution >= 0.6 is 15.9 Å². The van der Waals surface area contributed by atoms with Gasteiger partial charge in [-0.1, -0.05) is 6.07 Å². The van der Waals surface area contributed by atoms with Crippen molar-refractivity contribution in [2.75, 3.05) is 14.2 Å². The summed E-state index contributed by atoms with van der Waals surface area (Å²) in [5.41, 5.74) is 0.953. The van der Waals surface area contributed by atoms with E-state index < -0.39 is 5.97 Å². The molecular formula is C12H15BrO4. The predicted molar refractivity (Wildman–Crippen MR) is 67.8 cm³/mol. The molecule has 0 radical (unpaired) electrons. The molecule has 0 fully saturated rings. The Bertz CT molecular complexity index is 404. The number of aliphatic carboxylic acids is 1. The average Bonchev–Trinajstić information content (AvgIpc) is 2.29. The lowest BCUT2D eigenvalue weighted by Crippen LogP contribution is -1.99. The molecule has 0 bridgehead atoms. The largest absolute Gasteiger partial charge is 0.493 e. The maximum Gasteiger partial charge on any atom is 0.303 e. The number of carboxylic acid groups (broad SMARTS) is 1. The number of methoxy groups -OCH3 is 2. The van der Waals surface area contributed by atoms with E-state index in [1.165, 1.54) is 0 Å². The summed E-state index contributed by atoms with van der Waals surface area (Å²) < 4.78 is 11.4. The lowest BCUT2D eigenvalue weighted by Gasteiger charge is -2.13. The van der Waals surface area contributed by atoms with Crippen LogP contribution in [0.15, 0.2) is 16.6 Å². The van der Waals surface area contributed by atoms with Crippen LogP contribution in [0.5, 0.6) is 11.5 Å². The number of hydrogen-bond acceptors (Lipinski definition) is 3. The molecule has 17 heavy (non-hydrogen) atoms. The van der Waals surface area contributed by atoms with Crippen LogP contribution in [0.4, 0.5) is 0 Å². The summed E-state index contributed by atoms with van der Waals surface area (Å²) in [5, 5.41) is 8.60. The minimum absolute atomic E-state index is 0.154. The van der Waals surface area contributed by atoms with Gasteiger partial charge in [-0.2, -0.15) is 0 Å². The lowest BCUT2D eigenvalue weighted by molar-refractivity contribution is -0.137. The molecule has 1 N–H and O–H groups in total. The second-order valence-electron chi connectivity index (χ2n) is 3.52. The number of hydrogen-bond donors (Lipinski definition) is 1. The molecule has 0 aromatic heterocycles. The third-order valence-electron chi connectivity index (χ3n) is 2.39. The maximum atomic E-state index is 10.5. The van der Waals surface area contributed by atoms with Gasteiger partial charge in [0.1, 0.15) is 0 Å². The van der Waals surface area contributed by atoms with Crippen molar-refractivity contribution in [3.05, 3.63) is 22.2 Å². The zero-order chi connectivity index (χ0) is 12.8. The predicted octanol–water partition coefficient (Wildman–Crippen LogP) is 2.87. The van der Waals surface area contributed by atoms with E-state index in [1.807, 2.05) is 12.1 Å². The molecule has 94 valence electrons. The standard InChI is InChI=1S/C12H15BrO4/c1-16-11-8(4-3-5-10(14)15)6-7-9(13)12(11)17-2/h6-7H,3-5H2,1-2H3,(H,14,15). The van der Waals surface area contributed by atoms with Gasteiger partial charge in [0.15, 0.2) is 11.5 Å². The summed E-state index contributed by atoms with van der Waals surface area (Å²) in [6.45, 7) is 0. The molecule has 1 aromatic rings. The molecule has 1 rings (SSSR count). The highest BCUT2D eigenvalue weighted by atomic mass is 79.9. The Kier molecular flexibility index (Phi) is 5.28. The summed E-state index contributed by atoms with van der Waals surface area (Å²) in [7, 11) is 3.15. The lowest BCUT2D eigenvalue weighted by atomic mass is 10.1. The molecule has 0 atom stereocenters. The second kappa shape index (κ2) is 6.49. The number of aryl methyl sites for hydroxylation is 1. The van der Waals surface area contributed by atoms with Crippen molar-refractivity contribution in [3.8, 4) is 11.5 Å². The van der Waals surface area contributed by atoms with Gasteiger partial charge in [-0.05, 0) is 40.4 Å². The number of halogens is 1. The highest BCUT2D eigenvalue weighted by Crippen LogP contribution is 2.38. The quantitative estimate of drug-likeness (QED) is 0.878. The van der Waals surface area contributed by atoms with Gasteiger partial charge >= 0.3 is 5.97 Å². The van der Waals surface area contributed by atoms with E-state index in [0.29, 0.717) is 24.3 Å². The van der Waals surface area contributed by atoms with Gasteiger partial charge in [-0.3, -0.25) is 4.79 Å². The first-order valence-electron chi connectivity index (χ1n) is 5.21. The molecular weight excluding hydrogens is 288 g/mol. The Labute approximate surface area is 109 Å². The van der Waals surface area contributed by atoms with Crippen LogP contribution in [0.3, 0.4) is 0 Å². The first-order valence-corrected chi connectivity index (χ1v) is 6.00. The topological polar surface area (TPSA) is 55.8 Å². The summed E-state index contributed by atoms with van der Waals surface area (Å²) in [6.07, 6.45) is 1.39. The van der Waals surface area contributed by atoms with Crippen molar-refractivity contribution >= 4 is 21.9 Å². The van der Waals surface area contributed by atoms with E-state index in [2.05, 4.69) is 15.9 Å². The molecule has 5 heteroatoms. The van der Waals surface area contributed by atoms with Gasteiger partial charge in [0.2, 0.25) is 0 Å². The number of ether oxygens (including phenoxy) is 2. The van der Waals surface area contributed by atoms with Crippen molar-refractivity contribution in [2.45, 2.75) is 19.3 Å². The highest BCUT2D eigenvalue weighted by Gasteiger charge is 2.13. The van der Waals surface area contributed by atoms with Crippen molar-refractivity contribution in [2.24, 2.45) is 0 Å². The number of carboxylic acids is 1. The molecule has 0 heterocycles. The van der Waals surface area contributed by atoms with Crippen molar-refractivity contribution in [1.29, 1.82) is 0 Å². The average molecular weight is 303 g/mol. The Hall–Kier alpha value is -1.23. The Morgan fingerprint density at radius 3 is 2.47 bits per heavy atom. The fraction of sp³-hybridized carbons (Fsp3) is 0.417. The van der Waals surface area contributed by atoms with E-state index in [0.717, 1.165) is 10.0 Å². The molecule has 0 saturated heterocycles. The van der Waals surface area contributed by atoms with Crippen LogP contribution in [0.25, 0.3) is 0 Å². The summed E-state index contributed by atoms with van der Waals surface area (Å²) >= 11 is 3.37. The number of carbonyl (C=O) groups is 1. The fourth-order valence-corrected chi connectivity index (χ4v) is 2.09. The highest BCUT2D eigenvalue weighted by molar-refractivity contribution is 9.10. The van der Waals surface area contributed by atoms with Gasteiger partial charge in [-0.15, -0.1) is 0 Å². The van der Waals surface area contributed by atoms with E-state index >= 15 is 0 Å². The summed E-state index contributed by atoms with van der Waals surface area (Å²) in [4.78, 5) is 10.5. The van der Waals surface area contributed by atoms with Gasteiger partial charge in [-0.25, -0.2) is 0 Å². The zero-order valence-electron chi connectivity index (χ0n) is 9.83. The Morgan fingerprint density at radius 2 is 1.94 bits per heavy atom. The van der Waals surface area contributed by atoms with E-state index in [4.69, 9.17) is 14.6 Å². The number of rotatable bonds is 6. The fourth-order valence-electron chi connectivity index (χ4n) is 1.62. The molecule has 0 aliphatic heterocycles. The SMILES string of the molecule is COc1c(Br)ccc(CCCC(=O)O)c1OC. The molecule has 0 aliphatic rings. The smallest absolute Gasteiger partial charge is 0.303 e. The third-order valence-corrected chi connectivity index (χ3v) is 3.02. The van der Waals surface area contributed by atoms with Gasteiger partial charge in [0.05, 0.1) is 18.7 Å². The van der Waals surface area contributed by atoms with Crippen LogP contribution < -0.4 is 9.47 Å². The molecule has 0 amide bonds. The van der Waals surface area contributed by atoms with E-state index in [-0.39, 0.29) is 6.42 Å². The molecule has 0 spiro atoms. The van der Waals surface area contributed by atoms with E-state index in [1.54, 1.807) is 14.2 Å². The van der Waals surface area contributed by atoms with Crippen molar-refractivity contribution in [1.82, 2.24) is 0 Å². The minimum Gasteiger partial charge on any atom is -0.493 e. The van der Waals surface area contributed by atoms with Crippen LogP contribution in [-0.2, 0) is 11.2 Å². The van der Waals surface area contributed by atoms with Crippen LogP contribution in [0, 0.1) is 0 Å². The first-order chi connectivity index (χ1) is 8.10. The normalized spacial score (nSPS) is 10.1. The molecule has 0 unspecified atom stereocenters. The third kappa shape index (κ3) is 3.63. The van der Waals surface area contributed by atoms with Gasteiger partial charge in [0, 0.05) is 6.42 Å². The van der Waals surface area contributed by atoms with Gasteiger partial charge < -0.3 is 14.6 Å². The Balaban J connectivity index is 2.88. The van der Waals surface area contributed by atoms with E-state index in [9.17, 15) is 4.79 Å². The number of benzene rings is 1. The first kappa shape index (κ1) is 13.8. The summed E-state index contributed by atoms with van der Waals surface area (Å²) in [6, 6.07) is 3.78. The molecule has 1 aromatic carbocycles. The van der Waals surface area contributed by atoms with Crippen LogP contribution in [-0.4, -0.2) is 25.3 Å². The van der Waals surface area contributed by atoms with Crippen LogP contribution in [0.1, 0.15) is 18.4 Å². The molecule has 0 aliphatic carbocycles. The second-order valence-corrected chi connectivity index (χ2v) is 4.37.